The molecule has 3 heteroatoms. The minimum absolute atomic E-state index is 0.126. The third kappa shape index (κ3) is 2.85. The first-order chi connectivity index (χ1) is 6.63. The monoisotopic (exact) mass is 193 g/mol. The molecular formula is C11H15NO2. The molecule has 1 aromatic carbocycles. The summed E-state index contributed by atoms with van der Waals surface area (Å²) in [5.41, 5.74) is 1.04. The number of phenols is 1. The van der Waals surface area contributed by atoms with Crippen molar-refractivity contribution in [2.75, 3.05) is 7.05 Å². The summed E-state index contributed by atoms with van der Waals surface area (Å²) in [4.78, 5) is 11.1. The van der Waals surface area contributed by atoms with E-state index in [2.05, 4.69) is 5.32 Å². The molecule has 14 heavy (non-hydrogen) atoms. The highest BCUT2D eigenvalue weighted by Crippen LogP contribution is 2.11. The van der Waals surface area contributed by atoms with Gasteiger partial charge in [0.1, 0.15) is 11.5 Å². The lowest BCUT2D eigenvalue weighted by Gasteiger charge is -2.12. The van der Waals surface area contributed by atoms with Crippen LogP contribution in [0, 0.1) is 0 Å². The van der Waals surface area contributed by atoms with Crippen molar-refractivity contribution in [2.45, 2.75) is 19.4 Å². The second-order valence-electron chi connectivity index (χ2n) is 3.32. The lowest BCUT2D eigenvalue weighted by molar-refractivity contribution is -0.118. The standard InChI is InChI=1S/C11H15NO2/c1-8(13)11(12-2)7-9-3-5-10(14)6-4-9/h3-6,11-12,14H,7H2,1-2H3/t11-/m0/s1. The van der Waals surface area contributed by atoms with E-state index in [1.165, 1.54) is 0 Å². The van der Waals surface area contributed by atoms with E-state index < -0.39 is 0 Å². The molecule has 0 aliphatic rings. The molecule has 0 aliphatic heterocycles. The Morgan fingerprint density at radius 2 is 2.00 bits per heavy atom. The topological polar surface area (TPSA) is 49.3 Å². The highest BCUT2D eigenvalue weighted by atomic mass is 16.3. The lowest BCUT2D eigenvalue weighted by Crippen LogP contribution is -2.34. The second-order valence-corrected chi connectivity index (χ2v) is 3.32. The fourth-order valence-electron chi connectivity index (χ4n) is 1.32. The predicted molar refractivity (Wildman–Crippen MR) is 55.3 cm³/mol. The molecule has 0 saturated heterocycles. The summed E-state index contributed by atoms with van der Waals surface area (Å²) in [6.07, 6.45) is 0.659. The van der Waals surface area contributed by atoms with Crippen LogP contribution in [0.2, 0.25) is 0 Å². The summed E-state index contributed by atoms with van der Waals surface area (Å²) >= 11 is 0. The van der Waals surface area contributed by atoms with Crippen molar-refractivity contribution in [1.82, 2.24) is 5.32 Å². The molecule has 0 spiro atoms. The molecule has 0 aromatic heterocycles. The van der Waals surface area contributed by atoms with Gasteiger partial charge in [-0.25, -0.2) is 0 Å². The van der Waals surface area contributed by atoms with E-state index in [0.29, 0.717) is 6.42 Å². The van der Waals surface area contributed by atoms with E-state index in [9.17, 15) is 4.79 Å². The number of carbonyl (C=O) groups excluding carboxylic acids is 1. The van der Waals surface area contributed by atoms with Crippen LogP contribution in [0.4, 0.5) is 0 Å². The van der Waals surface area contributed by atoms with Crippen molar-refractivity contribution in [3.05, 3.63) is 29.8 Å². The van der Waals surface area contributed by atoms with Gasteiger partial charge >= 0.3 is 0 Å². The van der Waals surface area contributed by atoms with Crippen molar-refractivity contribution < 1.29 is 9.90 Å². The van der Waals surface area contributed by atoms with Gasteiger partial charge in [0.2, 0.25) is 0 Å². The van der Waals surface area contributed by atoms with Gasteiger partial charge < -0.3 is 10.4 Å². The number of nitrogens with one attached hydrogen (secondary N) is 1. The lowest BCUT2D eigenvalue weighted by atomic mass is 10.0. The van der Waals surface area contributed by atoms with E-state index in [1.807, 2.05) is 12.1 Å². The Bertz CT molecular complexity index is 306. The first-order valence-electron chi connectivity index (χ1n) is 4.59. The van der Waals surface area contributed by atoms with Gasteiger partial charge in [0.25, 0.3) is 0 Å². The van der Waals surface area contributed by atoms with E-state index >= 15 is 0 Å². The molecule has 1 rings (SSSR count). The summed E-state index contributed by atoms with van der Waals surface area (Å²) in [6, 6.07) is 6.76. The van der Waals surface area contributed by atoms with E-state index in [0.717, 1.165) is 5.56 Å². The van der Waals surface area contributed by atoms with Crippen molar-refractivity contribution in [3.8, 4) is 5.75 Å². The number of ketones is 1. The first-order valence-corrected chi connectivity index (χ1v) is 4.59. The van der Waals surface area contributed by atoms with Crippen molar-refractivity contribution in [1.29, 1.82) is 0 Å². The molecule has 0 amide bonds. The van der Waals surface area contributed by atoms with Crippen LogP contribution < -0.4 is 5.32 Å². The molecule has 1 atom stereocenters. The van der Waals surface area contributed by atoms with Gasteiger partial charge in [-0.1, -0.05) is 12.1 Å². The van der Waals surface area contributed by atoms with Crippen molar-refractivity contribution in [2.24, 2.45) is 0 Å². The van der Waals surface area contributed by atoms with Crippen LogP contribution in [0.15, 0.2) is 24.3 Å². The van der Waals surface area contributed by atoms with Gasteiger partial charge in [0.05, 0.1) is 6.04 Å². The number of phenolic OH excluding ortho intramolecular Hbond substituents is 1. The van der Waals surface area contributed by atoms with Gasteiger partial charge in [0.15, 0.2) is 0 Å². The van der Waals surface area contributed by atoms with Gasteiger partial charge in [-0.05, 0) is 38.1 Å². The summed E-state index contributed by atoms with van der Waals surface area (Å²) in [6.45, 7) is 1.57. The Balaban J connectivity index is 2.67. The number of benzene rings is 1. The Labute approximate surface area is 83.8 Å². The number of aromatic hydroxyl groups is 1. The van der Waals surface area contributed by atoms with E-state index in [-0.39, 0.29) is 17.6 Å². The maximum absolute atomic E-state index is 11.1. The highest BCUT2D eigenvalue weighted by Gasteiger charge is 2.11. The van der Waals surface area contributed by atoms with E-state index in [1.54, 1.807) is 26.1 Å². The van der Waals surface area contributed by atoms with Gasteiger partial charge in [-0.2, -0.15) is 0 Å². The van der Waals surface area contributed by atoms with Crippen LogP contribution in [-0.4, -0.2) is 24.0 Å². The largest absolute Gasteiger partial charge is 0.508 e. The third-order valence-corrected chi connectivity index (χ3v) is 2.22. The van der Waals surface area contributed by atoms with Crippen LogP contribution in [0.5, 0.6) is 5.75 Å². The average Bonchev–Trinajstić information content (AvgIpc) is 2.16. The summed E-state index contributed by atoms with van der Waals surface area (Å²) in [5, 5.41) is 12.0. The number of likely N-dealkylation sites (N-methyl/N-ethyl adjacent to an activating group) is 1. The quantitative estimate of drug-likeness (QED) is 0.753. The first kappa shape index (κ1) is 10.7. The minimum atomic E-state index is -0.139. The molecule has 0 aliphatic carbocycles. The smallest absolute Gasteiger partial charge is 0.147 e. The fraction of sp³-hybridized carbons (Fsp3) is 0.364. The second kappa shape index (κ2) is 4.77. The molecule has 0 unspecified atom stereocenters. The predicted octanol–water partition coefficient (Wildman–Crippen LogP) is 1.11. The Morgan fingerprint density at radius 3 is 2.43 bits per heavy atom. The Morgan fingerprint density at radius 1 is 1.43 bits per heavy atom. The SMILES string of the molecule is CN[C@@H](Cc1ccc(O)cc1)C(C)=O. The molecule has 0 fully saturated rings. The van der Waals surface area contributed by atoms with E-state index in [4.69, 9.17) is 5.11 Å². The number of Topliss-reactive ketones (excluding diaryl/α,β-unsaturated/α-hetero) is 1. The van der Waals surface area contributed by atoms with Crippen molar-refractivity contribution in [3.63, 3.8) is 0 Å². The van der Waals surface area contributed by atoms with Gasteiger partial charge in [-0.15, -0.1) is 0 Å². The number of hydrogen-bond acceptors (Lipinski definition) is 3. The molecule has 2 N–H and O–H groups in total. The minimum Gasteiger partial charge on any atom is -0.508 e. The average molecular weight is 193 g/mol. The zero-order chi connectivity index (χ0) is 10.6. The molecule has 0 radical (unpaired) electrons. The van der Waals surface area contributed by atoms with Gasteiger partial charge in [0, 0.05) is 0 Å². The molecule has 1 aromatic rings. The zero-order valence-electron chi connectivity index (χ0n) is 8.45. The maximum atomic E-state index is 11.1. The van der Waals surface area contributed by atoms with Crippen LogP contribution in [0.25, 0.3) is 0 Å². The maximum Gasteiger partial charge on any atom is 0.147 e. The Kier molecular flexibility index (Phi) is 3.65. The van der Waals surface area contributed by atoms with Crippen molar-refractivity contribution >= 4 is 5.78 Å². The molecular weight excluding hydrogens is 178 g/mol. The number of rotatable bonds is 4. The van der Waals surface area contributed by atoms with Crippen LogP contribution in [0.1, 0.15) is 12.5 Å². The highest BCUT2D eigenvalue weighted by molar-refractivity contribution is 5.81. The number of carbonyl (C=O) groups is 1. The normalized spacial score (nSPS) is 12.4. The third-order valence-electron chi connectivity index (χ3n) is 2.22. The molecule has 0 saturated carbocycles. The summed E-state index contributed by atoms with van der Waals surface area (Å²) in [7, 11) is 1.77. The van der Waals surface area contributed by atoms with Gasteiger partial charge in [-0.3, -0.25) is 4.79 Å². The summed E-state index contributed by atoms with van der Waals surface area (Å²) in [5.74, 6) is 0.373. The zero-order valence-corrected chi connectivity index (χ0v) is 8.45. The molecule has 0 bridgehead atoms. The number of hydrogen-bond donors (Lipinski definition) is 2. The van der Waals surface area contributed by atoms with Crippen LogP contribution in [0.3, 0.4) is 0 Å². The molecule has 76 valence electrons. The summed E-state index contributed by atoms with van der Waals surface area (Å²) < 4.78 is 0. The Hall–Kier alpha value is -1.35. The van der Waals surface area contributed by atoms with Crippen LogP contribution in [-0.2, 0) is 11.2 Å². The van der Waals surface area contributed by atoms with Crippen LogP contribution >= 0.6 is 0 Å². The molecule has 3 nitrogen and oxygen atoms in total. The fourth-order valence-corrected chi connectivity index (χ4v) is 1.32. The molecule has 0 heterocycles.